The Morgan fingerprint density at radius 1 is 0.667 bits per heavy atom. The third-order valence-electron chi connectivity index (χ3n) is 6.17. The molecule has 1 aliphatic carbocycles. The summed E-state index contributed by atoms with van der Waals surface area (Å²) in [5.41, 5.74) is 1.79. The van der Waals surface area contributed by atoms with Gasteiger partial charge >= 0.3 is 5.97 Å². The van der Waals surface area contributed by atoms with Crippen molar-refractivity contribution >= 4 is 5.97 Å². The number of benzene rings is 3. The molecule has 1 aliphatic rings. The summed E-state index contributed by atoms with van der Waals surface area (Å²) in [6.07, 6.45) is 0. The van der Waals surface area contributed by atoms with Crippen LogP contribution in [-0.2, 0) is 20.5 Å². The van der Waals surface area contributed by atoms with Gasteiger partial charge in [-0.15, -0.1) is 0 Å². The second-order valence-corrected chi connectivity index (χ2v) is 7.75. The minimum absolute atomic E-state index is 0.263. The molecule has 1 atom stereocenters. The predicted octanol–water partition coefficient (Wildman–Crippen LogP) is 5.47. The Balaban J connectivity index is 2.08. The van der Waals surface area contributed by atoms with E-state index in [0.29, 0.717) is 0 Å². The van der Waals surface area contributed by atoms with Gasteiger partial charge < -0.3 is 4.74 Å². The van der Waals surface area contributed by atoms with Crippen LogP contribution in [0.2, 0.25) is 0 Å². The summed E-state index contributed by atoms with van der Waals surface area (Å²) in [6, 6.07) is 31.0. The van der Waals surface area contributed by atoms with Gasteiger partial charge in [0.15, 0.2) is 5.60 Å². The highest BCUT2D eigenvalue weighted by Gasteiger charge is 2.87. The lowest BCUT2D eigenvalue weighted by molar-refractivity contribution is -0.152. The van der Waals surface area contributed by atoms with Gasteiger partial charge in [0.05, 0.1) is 5.41 Å². The number of rotatable bonds is 4. The van der Waals surface area contributed by atoms with Crippen molar-refractivity contribution in [2.24, 2.45) is 5.41 Å². The molecule has 136 valence electrons. The summed E-state index contributed by atoms with van der Waals surface area (Å²) in [5.74, 6) is -0.263. The third kappa shape index (κ3) is 2.16. The molecule has 3 aromatic rings. The topological polar surface area (TPSA) is 26.3 Å². The highest BCUT2D eigenvalue weighted by molar-refractivity contribution is 5.72. The fourth-order valence-corrected chi connectivity index (χ4v) is 5.23. The number of ether oxygens (including phenoxy) is 1. The molecule has 1 saturated carbocycles. The summed E-state index contributed by atoms with van der Waals surface area (Å²) in [5, 5.41) is 0. The molecule has 0 amide bonds. The lowest BCUT2D eigenvalue weighted by Crippen LogP contribution is -2.28. The Morgan fingerprint density at radius 2 is 1.04 bits per heavy atom. The van der Waals surface area contributed by atoms with E-state index in [-0.39, 0.29) is 11.4 Å². The van der Waals surface area contributed by atoms with Crippen LogP contribution in [0.4, 0.5) is 0 Å². The lowest BCUT2D eigenvalue weighted by Gasteiger charge is -2.27. The molecule has 0 heterocycles. The van der Waals surface area contributed by atoms with Crippen LogP contribution in [0.1, 0.15) is 37.5 Å². The van der Waals surface area contributed by atoms with E-state index in [9.17, 15) is 4.79 Å². The Labute approximate surface area is 160 Å². The highest BCUT2D eigenvalue weighted by Crippen LogP contribution is 2.81. The van der Waals surface area contributed by atoms with Crippen LogP contribution < -0.4 is 0 Å². The van der Waals surface area contributed by atoms with Gasteiger partial charge in [-0.25, -0.2) is 0 Å². The molecular formula is C25H24O2. The first-order chi connectivity index (χ1) is 13.0. The molecule has 0 bridgehead atoms. The average molecular weight is 356 g/mol. The monoisotopic (exact) mass is 356 g/mol. The number of carbonyl (C=O) groups excluding carboxylic acids is 1. The minimum atomic E-state index is -0.768. The van der Waals surface area contributed by atoms with Gasteiger partial charge in [-0.1, -0.05) is 105 Å². The van der Waals surface area contributed by atoms with Crippen LogP contribution in [0.5, 0.6) is 0 Å². The molecule has 1 fully saturated rings. The fourth-order valence-electron chi connectivity index (χ4n) is 5.23. The molecule has 3 aromatic carbocycles. The molecule has 0 radical (unpaired) electrons. The zero-order chi connectivity index (χ0) is 19.1. The fraction of sp³-hybridized carbons (Fsp3) is 0.240. The van der Waals surface area contributed by atoms with E-state index in [0.717, 1.165) is 16.7 Å². The zero-order valence-corrected chi connectivity index (χ0v) is 16.0. The Morgan fingerprint density at radius 3 is 1.41 bits per heavy atom. The van der Waals surface area contributed by atoms with Crippen molar-refractivity contribution in [2.75, 3.05) is 0 Å². The van der Waals surface area contributed by atoms with E-state index in [1.807, 2.05) is 30.3 Å². The van der Waals surface area contributed by atoms with Crippen LogP contribution in [0.25, 0.3) is 0 Å². The molecule has 0 aromatic heterocycles. The van der Waals surface area contributed by atoms with Gasteiger partial charge in [-0.05, 0) is 16.7 Å². The normalized spacial score (nSPS) is 22.0. The van der Waals surface area contributed by atoms with E-state index < -0.39 is 11.0 Å². The maximum atomic E-state index is 12.3. The van der Waals surface area contributed by atoms with Crippen LogP contribution in [-0.4, -0.2) is 5.97 Å². The Kier molecular flexibility index (Phi) is 3.96. The molecule has 1 unspecified atom stereocenters. The van der Waals surface area contributed by atoms with E-state index in [1.165, 1.54) is 6.92 Å². The first kappa shape index (κ1) is 17.5. The lowest BCUT2D eigenvalue weighted by atomic mass is 9.80. The summed E-state index contributed by atoms with van der Waals surface area (Å²) >= 11 is 0. The van der Waals surface area contributed by atoms with Crippen molar-refractivity contribution in [3.05, 3.63) is 108 Å². The summed E-state index contributed by atoms with van der Waals surface area (Å²) in [7, 11) is 0. The predicted molar refractivity (Wildman–Crippen MR) is 107 cm³/mol. The second kappa shape index (κ2) is 6.09. The molecule has 0 saturated heterocycles. The number of hydrogen-bond acceptors (Lipinski definition) is 2. The smallest absolute Gasteiger partial charge is 0.303 e. The molecule has 2 heteroatoms. The van der Waals surface area contributed by atoms with Crippen molar-refractivity contribution in [1.29, 1.82) is 0 Å². The molecule has 0 aliphatic heterocycles. The van der Waals surface area contributed by atoms with Crippen molar-refractivity contribution in [1.82, 2.24) is 0 Å². The van der Waals surface area contributed by atoms with Gasteiger partial charge in [0.2, 0.25) is 0 Å². The quantitative estimate of drug-likeness (QED) is 0.579. The Bertz CT molecular complexity index is 906. The number of esters is 1. The second-order valence-electron chi connectivity index (χ2n) is 7.75. The largest absolute Gasteiger partial charge is 0.452 e. The molecule has 2 nitrogen and oxygen atoms in total. The van der Waals surface area contributed by atoms with E-state index in [4.69, 9.17) is 4.74 Å². The number of hydrogen-bond donors (Lipinski definition) is 0. The maximum Gasteiger partial charge on any atom is 0.303 e. The van der Waals surface area contributed by atoms with Crippen LogP contribution in [0, 0.1) is 5.41 Å². The minimum Gasteiger partial charge on any atom is -0.452 e. The van der Waals surface area contributed by atoms with E-state index in [2.05, 4.69) is 74.5 Å². The summed E-state index contributed by atoms with van der Waals surface area (Å²) in [6.45, 7) is 5.89. The van der Waals surface area contributed by atoms with Gasteiger partial charge in [0.25, 0.3) is 0 Å². The molecule has 27 heavy (non-hydrogen) atoms. The van der Waals surface area contributed by atoms with Crippen molar-refractivity contribution in [3.8, 4) is 0 Å². The number of carbonyl (C=O) groups is 1. The average Bonchev–Trinajstić information content (AvgIpc) is 3.14. The third-order valence-corrected chi connectivity index (χ3v) is 6.17. The van der Waals surface area contributed by atoms with Gasteiger partial charge in [-0.2, -0.15) is 0 Å². The van der Waals surface area contributed by atoms with Gasteiger partial charge in [0.1, 0.15) is 0 Å². The van der Waals surface area contributed by atoms with Crippen molar-refractivity contribution in [2.45, 2.75) is 31.8 Å². The first-order valence-corrected chi connectivity index (χ1v) is 9.34. The first-order valence-electron chi connectivity index (χ1n) is 9.34. The van der Waals surface area contributed by atoms with E-state index >= 15 is 0 Å². The summed E-state index contributed by atoms with van der Waals surface area (Å²) in [4.78, 5) is 12.3. The zero-order valence-electron chi connectivity index (χ0n) is 16.0. The van der Waals surface area contributed by atoms with Crippen LogP contribution >= 0.6 is 0 Å². The van der Waals surface area contributed by atoms with Crippen LogP contribution in [0.15, 0.2) is 91.0 Å². The summed E-state index contributed by atoms with van der Waals surface area (Å²) < 4.78 is 6.24. The Hall–Kier alpha value is -2.87. The SMILES string of the molecule is CC(=O)OC1(c2ccccc2)C(C)(C)C1(c1ccccc1)c1ccccc1. The maximum absolute atomic E-state index is 12.3. The van der Waals surface area contributed by atoms with Crippen molar-refractivity contribution < 1.29 is 9.53 Å². The van der Waals surface area contributed by atoms with E-state index in [1.54, 1.807) is 0 Å². The highest BCUT2D eigenvalue weighted by atomic mass is 16.6. The molecule has 4 rings (SSSR count). The molecule has 0 spiro atoms. The molecule has 0 N–H and O–H groups in total. The standard InChI is InChI=1S/C25H24O2/c1-19(26)27-25(22-17-11-6-12-18-22)23(2,3)24(25,20-13-7-4-8-14-20)21-15-9-5-10-16-21/h4-18H,1-3H3. The van der Waals surface area contributed by atoms with Crippen molar-refractivity contribution in [3.63, 3.8) is 0 Å². The van der Waals surface area contributed by atoms with Crippen LogP contribution in [0.3, 0.4) is 0 Å². The molecular weight excluding hydrogens is 332 g/mol. The van der Waals surface area contributed by atoms with Gasteiger partial charge in [-0.3, -0.25) is 4.79 Å². The van der Waals surface area contributed by atoms with Gasteiger partial charge in [0, 0.05) is 12.3 Å².